The lowest BCUT2D eigenvalue weighted by molar-refractivity contribution is -0.207. The molecule has 6 atom stereocenters. The second-order valence-electron chi connectivity index (χ2n) is 10.8. The second-order valence-corrected chi connectivity index (χ2v) is 10.8. The van der Waals surface area contributed by atoms with E-state index in [1.54, 1.807) is 13.8 Å². The first-order valence-electron chi connectivity index (χ1n) is 12.2. The number of rotatable bonds is 6. The molecule has 5 aliphatic rings. The minimum atomic E-state index is -1.01. The maximum atomic E-state index is 13.8. The van der Waals surface area contributed by atoms with Crippen LogP contribution in [0.15, 0.2) is 12.2 Å². The minimum absolute atomic E-state index is 0.0178. The van der Waals surface area contributed by atoms with Crippen molar-refractivity contribution in [3.8, 4) is 0 Å². The van der Waals surface area contributed by atoms with Gasteiger partial charge < -0.3 is 9.47 Å². The van der Waals surface area contributed by atoms with Crippen LogP contribution >= 0.6 is 0 Å². The fourth-order valence-corrected chi connectivity index (χ4v) is 7.63. The zero-order valence-electron chi connectivity index (χ0n) is 19.7. The highest BCUT2D eigenvalue weighted by Gasteiger charge is 2.72. The van der Waals surface area contributed by atoms with Crippen LogP contribution < -0.4 is 0 Å². The smallest absolute Gasteiger partial charge is 0.305 e. The van der Waals surface area contributed by atoms with Crippen molar-refractivity contribution in [3.63, 3.8) is 0 Å². The van der Waals surface area contributed by atoms with E-state index in [0.29, 0.717) is 24.8 Å². The monoisotopic (exact) mass is 444 g/mol. The van der Waals surface area contributed by atoms with Crippen LogP contribution in [0.2, 0.25) is 0 Å². The van der Waals surface area contributed by atoms with Gasteiger partial charge in [-0.3, -0.25) is 19.2 Å². The van der Waals surface area contributed by atoms with Crippen molar-refractivity contribution in [3.05, 3.63) is 12.2 Å². The molecule has 5 aliphatic carbocycles. The van der Waals surface area contributed by atoms with Crippen LogP contribution in [0, 0.1) is 34.0 Å². The number of esters is 2. The molecule has 0 heterocycles. The number of hydrogen-bond acceptors (Lipinski definition) is 6. The van der Waals surface area contributed by atoms with Gasteiger partial charge in [0.2, 0.25) is 0 Å². The van der Waals surface area contributed by atoms with E-state index in [-0.39, 0.29) is 60.9 Å². The predicted molar refractivity (Wildman–Crippen MR) is 117 cm³/mol. The molecular weight excluding hydrogens is 408 g/mol. The Morgan fingerprint density at radius 2 is 1.66 bits per heavy atom. The summed E-state index contributed by atoms with van der Waals surface area (Å²) in [5, 5.41) is 0. The van der Waals surface area contributed by atoms with Gasteiger partial charge in [0.15, 0.2) is 5.78 Å². The first-order valence-corrected chi connectivity index (χ1v) is 12.2. The van der Waals surface area contributed by atoms with Gasteiger partial charge in [-0.15, -0.1) is 0 Å². The van der Waals surface area contributed by atoms with Gasteiger partial charge in [-0.1, -0.05) is 33.8 Å². The van der Waals surface area contributed by atoms with E-state index in [1.165, 1.54) is 0 Å². The number of allylic oxidation sites excluding steroid dienone is 1. The highest BCUT2D eigenvalue weighted by Crippen LogP contribution is 2.70. The molecule has 0 aliphatic heterocycles. The molecule has 5 fully saturated rings. The van der Waals surface area contributed by atoms with Crippen LogP contribution in [-0.4, -0.2) is 36.7 Å². The number of fused-ring (bicyclic) bond motifs is 3. The van der Waals surface area contributed by atoms with Crippen molar-refractivity contribution >= 4 is 23.5 Å². The van der Waals surface area contributed by atoms with Gasteiger partial charge in [0, 0.05) is 30.1 Å². The summed E-state index contributed by atoms with van der Waals surface area (Å²) in [6.07, 6.45) is 5.58. The average molecular weight is 445 g/mol. The summed E-state index contributed by atoms with van der Waals surface area (Å²) in [5.74, 6) is -0.702. The van der Waals surface area contributed by atoms with Crippen molar-refractivity contribution in [1.82, 2.24) is 0 Å². The average Bonchev–Trinajstić information content (AvgIpc) is 2.80. The maximum absolute atomic E-state index is 13.8. The zero-order chi connectivity index (χ0) is 23.3. The normalized spacial score (nSPS) is 40.5. The number of hydrogen-bond donors (Lipinski definition) is 0. The third-order valence-corrected chi connectivity index (χ3v) is 9.34. The fraction of sp³-hybridized carbons (Fsp3) is 0.769. The van der Waals surface area contributed by atoms with Gasteiger partial charge in [0.25, 0.3) is 0 Å². The molecule has 1 spiro atoms. The fourth-order valence-electron chi connectivity index (χ4n) is 7.63. The summed E-state index contributed by atoms with van der Waals surface area (Å²) in [4.78, 5) is 51.4. The molecule has 0 amide bonds. The van der Waals surface area contributed by atoms with Gasteiger partial charge in [-0.25, -0.2) is 0 Å². The van der Waals surface area contributed by atoms with Crippen LogP contribution in [0.3, 0.4) is 0 Å². The number of Topliss-reactive ketones (excluding diaryl/α,β-unsaturated/α-hetero) is 2. The molecule has 0 radical (unpaired) electrons. The van der Waals surface area contributed by atoms with E-state index >= 15 is 0 Å². The van der Waals surface area contributed by atoms with Crippen molar-refractivity contribution in [2.75, 3.05) is 13.2 Å². The topological polar surface area (TPSA) is 86.7 Å². The quantitative estimate of drug-likeness (QED) is 0.347. The minimum Gasteiger partial charge on any atom is -0.465 e. The molecule has 0 aromatic carbocycles. The van der Waals surface area contributed by atoms with Gasteiger partial charge in [0.1, 0.15) is 5.78 Å². The van der Waals surface area contributed by atoms with Crippen molar-refractivity contribution in [2.24, 2.45) is 34.0 Å². The predicted octanol–water partition coefficient (Wildman–Crippen LogP) is 4.20. The summed E-state index contributed by atoms with van der Waals surface area (Å²) in [6, 6.07) is 0. The molecule has 2 bridgehead atoms. The van der Waals surface area contributed by atoms with Gasteiger partial charge in [-0.2, -0.15) is 0 Å². The SMILES string of the molecule is C=C1C(=O)C23CC[C@H]1CC2[C@]1(COC(=O)CC)CCC[C@@](C)(COC(=O)CC)C1CC3=O. The number of carbonyl (C=O) groups excluding carboxylic acids is 4. The number of ketones is 2. The van der Waals surface area contributed by atoms with E-state index in [0.717, 1.165) is 32.1 Å². The first-order chi connectivity index (χ1) is 15.1. The lowest BCUT2D eigenvalue weighted by Crippen LogP contribution is -2.69. The Kier molecular flexibility index (Phi) is 5.87. The lowest BCUT2D eigenvalue weighted by atomic mass is 9.36. The van der Waals surface area contributed by atoms with E-state index < -0.39 is 16.2 Å². The van der Waals surface area contributed by atoms with Crippen LogP contribution in [0.25, 0.3) is 0 Å². The largest absolute Gasteiger partial charge is 0.465 e. The molecule has 6 heteroatoms. The number of ether oxygens (including phenoxy) is 2. The molecule has 5 rings (SSSR count). The molecule has 5 saturated carbocycles. The maximum Gasteiger partial charge on any atom is 0.305 e. The van der Waals surface area contributed by atoms with Crippen molar-refractivity contribution in [2.45, 2.75) is 78.6 Å². The molecule has 6 nitrogen and oxygen atoms in total. The highest BCUT2D eigenvalue weighted by atomic mass is 16.5. The van der Waals surface area contributed by atoms with E-state index in [9.17, 15) is 19.2 Å². The van der Waals surface area contributed by atoms with E-state index in [4.69, 9.17) is 9.47 Å². The standard InChI is InChI=1S/C26H36O6/c1-5-21(28)31-14-24(4)9-7-10-25(15-32-22(29)6-2)18(24)13-20(27)26-11-8-17(12-19(25)26)16(3)23(26)30/h17-19H,3,5-15H2,1-2,4H3/t17-,18?,19?,24-,25-,26?/m0/s1. The van der Waals surface area contributed by atoms with Crippen LogP contribution in [-0.2, 0) is 28.7 Å². The Labute approximate surface area is 190 Å². The Morgan fingerprint density at radius 3 is 2.31 bits per heavy atom. The molecule has 0 saturated heterocycles. The zero-order valence-corrected chi connectivity index (χ0v) is 19.7. The summed E-state index contributed by atoms with van der Waals surface area (Å²) < 4.78 is 11.4. The molecular formula is C26H36O6. The van der Waals surface area contributed by atoms with Crippen LogP contribution in [0.4, 0.5) is 0 Å². The lowest BCUT2D eigenvalue weighted by Gasteiger charge is -2.66. The number of carbonyl (C=O) groups is 4. The Hall–Kier alpha value is -1.98. The molecule has 0 aromatic heterocycles. The third kappa shape index (κ3) is 3.19. The summed E-state index contributed by atoms with van der Waals surface area (Å²) in [7, 11) is 0. The molecule has 0 aromatic rings. The summed E-state index contributed by atoms with van der Waals surface area (Å²) >= 11 is 0. The van der Waals surface area contributed by atoms with Gasteiger partial charge in [0.05, 0.1) is 18.6 Å². The highest BCUT2D eigenvalue weighted by molar-refractivity contribution is 6.16. The third-order valence-electron chi connectivity index (χ3n) is 9.34. The Balaban J connectivity index is 1.77. The summed E-state index contributed by atoms with van der Waals surface area (Å²) in [6.45, 7) is 10.2. The van der Waals surface area contributed by atoms with Gasteiger partial charge in [-0.05, 0) is 55.4 Å². The Bertz CT molecular complexity index is 860. The van der Waals surface area contributed by atoms with Crippen molar-refractivity contribution < 1.29 is 28.7 Å². The second kappa shape index (κ2) is 8.11. The van der Waals surface area contributed by atoms with Crippen LogP contribution in [0.5, 0.6) is 0 Å². The molecule has 3 unspecified atom stereocenters. The molecule has 32 heavy (non-hydrogen) atoms. The molecule has 0 N–H and O–H groups in total. The first kappa shape index (κ1) is 23.2. The van der Waals surface area contributed by atoms with E-state index in [1.807, 2.05) is 0 Å². The van der Waals surface area contributed by atoms with Crippen LogP contribution in [0.1, 0.15) is 78.6 Å². The molecule has 176 valence electrons. The van der Waals surface area contributed by atoms with E-state index in [2.05, 4.69) is 13.5 Å². The Morgan fingerprint density at radius 1 is 1.00 bits per heavy atom. The van der Waals surface area contributed by atoms with Gasteiger partial charge >= 0.3 is 11.9 Å². The summed E-state index contributed by atoms with van der Waals surface area (Å²) in [5.41, 5.74) is -1.26. The van der Waals surface area contributed by atoms with Crippen molar-refractivity contribution in [1.29, 1.82) is 0 Å².